The van der Waals surface area contributed by atoms with Crippen molar-refractivity contribution in [2.75, 3.05) is 39.8 Å². The van der Waals surface area contributed by atoms with Gasteiger partial charge in [-0.05, 0) is 44.9 Å². The van der Waals surface area contributed by atoms with Gasteiger partial charge in [0.05, 0.1) is 35.9 Å². The normalized spacial score (nSPS) is 27.3. The summed E-state index contributed by atoms with van der Waals surface area (Å²) in [5.74, 6) is 0.282. The van der Waals surface area contributed by atoms with E-state index in [-0.39, 0.29) is 23.5 Å². The molecule has 2 heterocycles. The highest BCUT2D eigenvalue weighted by Gasteiger charge is 2.47. The molecule has 6 heteroatoms. The molecule has 0 aromatic heterocycles. The molecule has 0 radical (unpaired) electrons. The number of hydrogen-bond acceptors (Lipinski definition) is 5. The standard InChI is InChI=1S/C24H44N2O4/c1-17(2)29-21-14-25(15-21)16-23(3,4)24(5,6)22(27)26-10-8-18(9-11-26)30-20-12-19(13-20)28-7/h17-21H,8-16H2,1-7H3. The molecule has 0 aromatic carbocycles. The molecule has 0 spiro atoms. The molecule has 0 bridgehead atoms. The molecule has 1 amide bonds. The Kier molecular flexibility index (Phi) is 7.54. The summed E-state index contributed by atoms with van der Waals surface area (Å²) in [5, 5.41) is 0. The van der Waals surface area contributed by atoms with Crippen molar-refractivity contribution in [2.24, 2.45) is 10.8 Å². The smallest absolute Gasteiger partial charge is 0.228 e. The topological polar surface area (TPSA) is 51.2 Å². The van der Waals surface area contributed by atoms with Crippen LogP contribution in [0.4, 0.5) is 0 Å². The summed E-state index contributed by atoms with van der Waals surface area (Å²) in [6, 6.07) is 0. The van der Waals surface area contributed by atoms with Crippen LogP contribution in [0.3, 0.4) is 0 Å². The van der Waals surface area contributed by atoms with Gasteiger partial charge in [0, 0.05) is 39.8 Å². The second-order valence-corrected chi connectivity index (χ2v) is 11.1. The van der Waals surface area contributed by atoms with E-state index in [4.69, 9.17) is 14.2 Å². The second kappa shape index (κ2) is 9.43. The first-order valence-corrected chi connectivity index (χ1v) is 11.9. The van der Waals surface area contributed by atoms with E-state index < -0.39 is 5.41 Å². The number of amides is 1. The van der Waals surface area contributed by atoms with Gasteiger partial charge in [0.25, 0.3) is 0 Å². The Bertz CT molecular complexity index is 572. The summed E-state index contributed by atoms with van der Waals surface area (Å²) in [7, 11) is 1.77. The minimum Gasteiger partial charge on any atom is -0.381 e. The molecule has 0 aromatic rings. The van der Waals surface area contributed by atoms with Crippen molar-refractivity contribution in [2.45, 2.75) is 97.7 Å². The molecule has 2 aliphatic heterocycles. The van der Waals surface area contributed by atoms with E-state index in [2.05, 4.69) is 51.3 Å². The molecule has 3 fully saturated rings. The molecular formula is C24H44N2O4. The first-order valence-electron chi connectivity index (χ1n) is 11.9. The highest BCUT2D eigenvalue weighted by atomic mass is 16.5. The largest absolute Gasteiger partial charge is 0.381 e. The first kappa shape index (κ1) is 24.0. The van der Waals surface area contributed by atoms with Gasteiger partial charge in [-0.3, -0.25) is 9.69 Å². The number of nitrogens with zero attached hydrogens (tertiary/aromatic N) is 2. The summed E-state index contributed by atoms with van der Waals surface area (Å²) < 4.78 is 17.4. The van der Waals surface area contributed by atoms with E-state index in [1.807, 2.05) is 0 Å². The molecule has 3 rings (SSSR count). The van der Waals surface area contributed by atoms with Gasteiger partial charge in [0.2, 0.25) is 5.91 Å². The first-order chi connectivity index (χ1) is 14.0. The summed E-state index contributed by atoms with van der Waals surface area (Å²) in [6.07, 6.45) is 5.53. The Hall–Kier alpha value is -0.690. The third-order valence-electron chi connectivity index (χ3n) is 7.73. The zero-order valence-corrected chi connectivity index (χ0v) is 20.3. The number of carbonyl (C=O) groups excluding carboxylic acids is 1. The average Bonchev–Trinajstić information content (AvgIpc) is 2.61. The fourth-order valence-corrected chi connectivity index (χ4v) is 4.85. The van der Waals surface area contributed by atoms with Crippen molar-refractivity contribution in [3.8, 4) is 0 Å². The lowest BCUT2D eigenvalue weighted by Crippen LogP contribution is -2.59. The monoisotopic (exact) mass is 424 g/mol. The fourth-order valence-electron chi connectivity index (χ4n) is 4.85. The lowest BCUT2D eigenvalue weighted by Gasteiger charge is -2.50. The van der Waals surface area contributed by atoms with Crippen LogP contribution in [0.1, 0.15) is 67.2 Å². The van der Waals surface area contributed by atoms with Gasteiger partial charge in [-0.25, -0.2) is 0 Å². The van der Waals surface area contributed by atoms with Gasteiger partial charge < -0.3 is 19.1 Å². The molecule has 1 aliphatic carbocycles. The van der Waals surface area contributed by atoms with Crippen LogP contribution < -0.4 is 0 Å². The maximum Gasteiger partial charge on any atom is 0.228 e. The molecule has 3 aliphatic rings. The van der Waals surface area contributed by atoms with Crippen LogP contribution in [0, 0.1) is 10.8 Å². The molecule has 30 heavy (non-hydrogen) atoms. The number of piperidine rings is 1. The van der Waals surface area contributed by atoms with Crippen molar-refractivity contribution >= 4 is 5.91 Å². The van der Waals surface area contributed by atoms with Crippen molar-refractivity contribution in [1.29, 1.82) is 0 Å². The summed E-state index contributed by atoms with van der Waals surface area (Å²) >= 11 is 0. The third kappa shape index (κ3) is 5.37. The molecule has 0 atom stereocenters. The molecule has 2 saturated heterocycles. The number of methoxy groups -OCH3 is 1. The number of hydrogen-bond donors (Lipinski definition) is 0. The Morgan fingerprint density at radius 2 is 1.57 bits per heavy atom. The summed E-state index contributed by atoms with van der Waals surface area (Å²) in [4.78, 5) is 18.0. The Labute approximate surface area is 183 Å². The van der Waals surface area contributed by atoms with Crippen LogP contribution in [0.15, 0.2) is 0 Å². The lowest BCUT2D eigenvalue weighted by atomic mass is 9.66. The van der Waals surface area contributed by atoms with Crippen LogP contribution in [0.5, 0.6) is 0 Å². The van der Waals surface area contributed by atoms with Crippen LogP contribution in [-0.4, -0.2) is 86.1 Å². The quantitative estimate of drug-likeness (QED) is 0.568. The third-order valence-corrected chi connectivity index (χ3v) is 7.73. The number of likely N-dealkylation sites (tertiary alicyclic amines) is 2. The average molecular weight is 425 g/mol. The van der Waals surface area contributed by atoms with Crippen molar-refractivity contribution in [3.63, 3.8) is 0 Å². The van der Waals surface area contributed by atoms with Gasteiger partial charge in [0.1, 0.15) is 0 Å². The molecule has 0 N–H and O–H groups in total. The van der Waals surface area contributed by atoms with Gasteiger partial charge in [-0.2, -0.15) is 0 Å². The van der Waals surface area contributed by atoms with E-state index in [0.29, 0.717) is 18.3 Å². The summed E-state index contributed by atoms with van der Waals surface area (Å²) in [6.45, 7) is 17.4. The lowest BCUT2D eigenvalue weighted by molar-refractivity contribution is -0.156. The van der Waals surface area contributed by atoms with Crippen molar-refractivity contribution in [3.05, 3.63) is 0 Å². The minimum absolute atomic E-state index is 0.110. The number of carbonyl (C=O) groups is 1. The molecule has 1 saturated carbocycles. The number of ether oxygens (including phenoxy) is 3. The van der Waals surface area contributed by atoms with E-state index in [0.717, 1.165) is 58.4 Å². The zero-order valence-electron chi connectivity index (χ0n) is 20.3. The SMILES string of the molecule is COC1CC(OC2CCN(C(=O)C(C)(C)C(C)(C)CN3CC(OC(C)C)C3)CC2)C1. The van der Waals surface area contributed by atoms with E-state index in [1.165, 1.54) is 0 Å². The van der Waals surface area contributed by atoms with Gasteiger partial charge in [-0.1, -0.05) is 27.7 Å². The maximum atomic E-state index is 13.5. The van der Waals surface area contributed by atoms with Crippen LogP contribution in [0.2, 0.25) is 0 Å². The summed E-state index contributed by atoms with van der Waals surface area (Å²) in [5.41, 5.74) is -0.522. The second-order valence-electron chi connectivity index (χ2n) is 11.1. The molecule has 0 unspecified atom stereocenters. The van der Waals surface area contributed by atoms with Crippen LogP contribution in [-0.2, 0) is 19.0 Å². The zero-order chi connectivity index (χ0) is 22.1. The van der Waals surface area contributed by atoms with Crippen LogP contribution in [0.25, 0.3) is 0 Å². The fraction of sp³-hybridized carbons (Fsp3) is 0.958. The maximum absolute atomic E-state index is 13.5. The molecule has 174 valence electrons. The molecule has 6 nitrogen and oxygen atoms in total. The Balaban J connectivity index is 1.44. The highest BCUT2D eigenvalue weighted by molar-refractivity contribution is 5.83. The molecular weight excluding hydrogens is 380 g/mol. The Morgan fingerprint density at radius 1 is 0.967 bits per heavy atom. The van der Waals surface area contributed by atoms with Crippen molar-refractivity contribution < 1.29 is 19.0 Å². The number of rotatable bonds is 9. The van der Waals surface area contributed by atoms with Crippen LogP contribution >= 0.6 is 0 Å². The Morgan fingerprint density at radius 3 is 2.10 bits per heavy atom. The van der Waals surface area contributed by atoms with E-state index in [9.17, 15) is 4.79 Å². The van der Waals surface area contributed by atoms with Crippen molar-refractivity contribution in [1.82, 2.24) is 9.80 Å². The van der Waals surface area contributed by atoms with Gasteiger partial charge in [-0.15, -0.1) is 0 Å². The predicted octanol–water partition coefficient (Wildman–Crippen LogP) is 3.33. The van der Waals surface area contributed by atoms with E-state index in [1.54, 1.807) is 7.11 Å². The predicted molar refractivity (Wildman–Crippen MR) is 119 cm³/mol. The van der Waals surface area contributed by atoms with Gasteiger partial charge >= 0.3 is 0 Å². The van der Waals surface area contributed by atoms with Gasteiger partial charge in [0.15, 0.2) is 0 Å². The minimum atomic E-state index is -0.412. The highest BCUT2D eigenvalue weighted by Crippen LogP contribution is 2.42. The van der Waals surface area contributed by atoms with E-state index >= 15 is 0 Å².